The lowest BCUT2D eigenvalue weighted by atomic mass is 9.97. The summed E-state index contributed by atoms with van der Waals surface area (Å²) in [4.78, 5) is 11.1. The lowest BCUT2D eigenvalue weighted by molar-refractivity contribution is 0.112. The fraction of sp³-hybridized carbons (Fsp3) is 0.286. The highest BCUT2D eigenvalue weighted by Gasteiger charge is 2.14. The van der Waals surface area contributed by atoms with Gasteiger partial charge >= 0.3 is 0 Å². The molecule has 0 saturated carbocycles. The first kappa shape index (κ1) is 11.6. The Morgan fingerprint density at radius 3 is 2.47 bits per heavy atom. The molecule has 0 amide bonds. The van der Waals surface area contributed by atoms with Gasteiger partial charge in [-0.2, -0.15) is 5.10 Å². The van der Waals surface area contributed by atoms with Crippen LogP contribution in [-0.2, 0) is 7.05 Å². The highest BCUT2D eigenvalue weighted by atomic mass is 16.1. The van der Waals surface area contributed by atoms with Crippen LogP contribution >= 0.6 is 0 Å². The molecule has 1 heterocycles. The Morgan fingerprint density at radius 2 is 1.94 bits per heavy atom. The van der Waals surface area contributed by atoms with Gasteiger partial charge < -0.3 is 0 Å². The van der Waals surface area contributed by atoms with Crippen LogP contribution in [0.3, 0.4) is 0 Å². The second-order valence-corrected chi connectivity index (χ2v) is 4.38. The Bertz CT molecular complexity index is 582. The van der Waals surface area contributed by atoms with E-state index in [0.717, 1.165) is 39.9 Å². The van der Waals surface area contributed by atoms with Gasteiger partial charge in [0.05, 0.1) is 5.69 Å². The molecule has 0 spiro atoms. The van der Waals surface area contributed by atoms with Crippen LogP contribution in [0, 0.1) is 20.8 Å². The van der Waals surface area contributed by atoms with Crippen molar-refractivity contribution in [2.75, 3.05) is 0 Å². The van der Waals surface area contributed by atoms with E-state index in [0.29, 0.717) is 0 Å². The molecule has 0 unspecified atom stereocenters. The largest absolute Gasteiger partial charge is 0.298 e. The van der Waals surface area contributed by atoms with Crippen molar-refractivity contribution >= 4 is 6.29 Å². The van der Waals surface area contributed by atoms with E-state index in [-0.39, 0.29) is 0 Å². The summed E-state index contributed by atoms with van der Waals surface area (Å²) in [5.74, 6) is 0. The summed E-state index contributed by atoms with van der Waals surface area (Å²) in [5, 5.41) is 4.39. The predicted octanol–water partition coefficient (Wildman–Crippen LogP) is 2.82. The maximum absolute atomic E-state index is 11.1. The van der Waals surface area contributed by atoms with Crippen LogP contribution in [0.15, 0.2) is 18.2 Å². The van der Waals surface area contributed by atoms with Crippen molar-refractivity contribution in [1.82, 2.24) is 9.78 Å². The molecular formula is C14H16N2O. The molecule has 0 atom stereocenters. The average Bonchev–Trinajstić information content (AvgIpc) is 2.53. The number of rotatable bonds is 2. The zero-order chi connectivity index (χ0) is 12.6. The summed E-state index contributed by atoms with van der Waals surface area (Å²) in [6, 6.07) is 5.86. The molecule has 0 fully saturated rings. The number of hydrogen-bond donors (Lipinski definition) is 0. The maximum atomic E-state index is 11.1. The molecule has 0 N–H and O–H groups in total. The first-order valence-electron chi connectivity index (χ1n) is 5.61. The van der Waals surface area contributed by atoms with Gasteiger partial charge in [0.2, 0.25) is 0 Å². The van der Waals surface area contributed by atoms with Crippen LogP contribution in [0.5, 0.6) is 0 Å². The summed E-state index contributed by atoms with van der Waals surface area (Å²) >= 11 is 0. The van der Waals surface area contributed by atoms with Crippen molar-refractivity contribution in [3.63, 3.8) is 0 Å². The normalized spacial score (nSPS) is 10.6. The number of benzene rings is 1. The van der Waals surface area contributed by atoms with Gasteiger partial charge in [0.25, 0.3) is 0 Å². The molecule has 1 aromatic carbocycles. The van der Waals surface area contributed by atoms with Gasteiger partial charge in [-0.3, -0.25) is 9.48 Å². The Kier molecular flexibility index (Phi) is 2.84. The molecule has 0 radical (unpaired) electrons. The number of carbonyl (C=O) groups is 1. The summed E-state index contributed by atoms with van der Waals surface area (Å²) in [6.45, 7) is 6.02. The molecule has 3 heteroatoms. The van der Waals surface area contributed by atoms with Gasteiger partial charge in [-0.1, -0.05) is 23.8 Å². The van der Waals surface area contributed by atoms with Crippen LogP contribution in [0.4, 0.5) is 0 Å². The molecule has 0 aliphatic heterocycles. The maximum Gasteiger partial charge on any atom is 0.150 e. The third-order valence-corrected chi connectivity index (χ3v) is 3.11. The minimum Gasteiger partial charge on any atom is -0.298 e. The van der Waals surface area contributed by atoms with Crippen molar-refractivity contribution in [2.45, 2.75) is 20.8 Å². The van der Waals surface area contributed by atoms with Crippen molar-refractivity contribution < 1.29 is 4.79 Å². The zero-order valence-electron chi connectivity index (χ0n) is 10.6. The van der Waals surface area contributed by atoms with Gasteiger partial charge in [0.15, 0.2) is 6.29 Å². The number of nitrogens with zero attached hydrogens (tertiary/aromatic N) is 2. The Labute approximate surface area is 101 Å². The average molecular weight is 228 g/mol. The molecule has 0 aliphatic carbocycles. The zero-order valence-corrected chi connectivity index (χ0v) is 10.6. The molecule has 2 aromatic rings. The Hall–Kier alpha value is -1.90. The molecule has 88 valence electrons. The van der Waals surface area contributed by atoms with E-state index in [1.165, 1.54) is 0 Å². The van der Waals surface area contributed by atoms with Crippen LogP contribution in [0.25, 0.3) is 11.1 Å². The van der Waals surface area contributed by atoms with Gasteiger partial charge in [0.1, 0.15) is 0 Å². The first-order valence-corrected chi connectivity index (χ1v) is 5.61. The summed E-state index contributed by atoms with van der Waals surface area (Å²) in [6.07, 6.45) is 0.903. The molecule has 2 rings (SSSR count). The molecule has 0 saturated heterocycles. The topological polar surface area (TPSA) is 34.9 Å². The highest BCUT2D eigenvalue weighted by molar-refractivity contribution is 5.89. The minimum absolute atomic E-state index is 0.717. The minimum atomic E-state index is 0.717. The number of aldehydes is 1. The lowest BCUT2D eigenvalue weighted by Crippen LogP contribution is -1.94. The molecule has 17 heavy (non-hydrogen) atoms. The molecule has 1 aromatic heterocycles. The fourth-order valence-corrected chi connectivity index (χ4v) is 2.15. The monoisotopic (exact) mass is 228 g/mol. The Morgan fingerprint density at radius 1 is 1.24 bits per heavy atom. The quantitative estimate of drug-likeness (QED) is 0.741. The van der Waals surface area contributed by atoms with Gasteiger partial charge in [-0.25, -0.2) is 0 Å². The second-order valence-electron chi connectivity index (χ2n) is 4.38. The van der Waals surface area contributed by atoms with E-state index in [9.17, 15) is 4.79 Å². The third kappa shape index (κ3) is 1.88. The van der Waals surface area contributed by atoms with Crippen LogP contribution in [0.2, 0.25) is 0 Å². The summed E-state index contributed by atoms with van der Waals surface area (Å²) in [5.41, 5.74) is 5.94. The van der Waals surface area contributed by atoms with E-state index in [4.69, 9.17) is 0 Å². The standard InChI is InChI=1S/C14H16N2O/c1-9-5-6-12(8-17)13(7-9)14-10(2)15-16(4)11(14)3/h5-8H,1-4H3. The van der Waals surface area contributed by atoms with Crippen molar-refractivity contribution in [3.05, 3.63) is 40.7 Å². The molecule has 3 nitrogen and oxygen atoms in total. The SMILES string of the molecule is Cc1ccc(C=O)c(-c2c(C)nn(C)c2C)c1. The second kappa shape index (κ2) is 4.17. The summed E-state index contributed by atoms with van der Waals surface area (Å²) in [7, 11) is 1.92. The van der Waals surface area contributed by atoms with Gasteiger partial charge in [-0.15, -0.1) is 0 Å². The van der Waals surface area contributed by atoms with Gasteiger partial charge in [-0.05, 0) is 26.3 Å². The van der Waals surface area contributed by atoms with E-state index in [1.807, 2.05) is 50.7 Å². The fourth-order valence-electron chi connectivity index (χ4n) is 2.15. The van der Waals surface area contributed by atoms with Crippen LogP contribution in [-0.4, -0.2) is 16.1 Å². The summed E-state index contributed by atoms with van der Waals surface area (Å²) < 4.78 is 1.85. The molecular weight excluding hydrogens is 212 g/mol. The van der Waals surface area contributed by atoms with E-state index < -0.39 is 0 Å². The van der Waals surface area contributed by atoms with E-state index in [2.05, 4.69) is 5.10 Å². The first-order chi connectivity index (χ1) is 8.04. The Balaban J connectivity index is 2.75. The number of carbonyl (C=O) groups excluding carboxylic acids is 1. The number of hydrogen-bond acceptors (Lipinski definition) is 2. The molecule has 0 bridgehead atoms. The van der Waals surface area contributed by atoms with E-state index >= 15 is 0 Å². The lowest BCUT2D eigenvalue weighted by Gasteiger charge is -2.07. The molecule has 0 aliphatic rings. The van der Waals surface area contributed by atoms with Crippen LogP contribution in [0.1, 0.15) is 27.3 Å². The smallest absolute Gasteiger partial charge is 0.150 e. The van der Waals surface area contributed by atoms with Crippen molar-refractivity contribution in [2.24, 2.45) is 7.05 Å². The van der Waals surface area contributed by atoms with Gasteiger partial charge in [0, 0.05) is 23.9 Å². The highest BCUT2D eigenvalue weighted by Crippen LogP contribution is 2.29. The van der Waals surface area contributed by atoms with Crippen molar-refractivity contribution in [1.29, 1.82) is 0 Å². The van der Waals surface area contributed by atoms with E-state index in [1.54, 1.807) is 0 Å². The number of aryl methyl sites for hydroxylation is 3. The van der Waals surface area contributed by atoms with Crippen molar-refractivity contribution in [3.8, 4) is 11.1 Å². The third-order valence-electron chi connectivity index (χ3n) is 3.11. The predicted molar refractivity (Wildman–Crippen MR) is 68.2 cm³/mol. The van der Waals surface area contributed by atoms with Crippen LogP contribution < -0.4 is 0 Å². The number of aromatic nitrogens is 2.